The van der Waals surface area contributed by atoms with Crippen molar-refractivity contribution in [2.24, 2.45) is 0 Å². The summed E-state index contributed by atoms with van der Waals surface area (Å²) in [5.41, 5.74) is 2.21. The first-order valence-electron chi connectivity index (χ1n) is 6.44. The van der Waals surface area contributed by atoms with Crippen molar-refractivity contribution < 1.29 is 4.74 Å². The zero-order valence-electron chi connectivity index (χ0n) is 11.2. The van der Waals surface area contributed by atoms with E-state index in [2.05, 4.69) is 16.3 Å². The molecule has 0 atom stereocenters. The van der Waals surface area contributed by atoms with Crippen LogP contribution in [0.2, 0.25) is 0 Å². The van der Waals surface area contributed by atoms with Crippen molar-refractivity contribution in [3.05, 3.63) is 72.3 Å². The predicted molar refractivity (Wildman–Crippen MR) is 77.2 cm³/mol. The molecule has 3 aromatic rings. The molecule has 4 nitrogen and oxygen atoms in total. The average Bonchev–Trinajstić information content (AvgIpc) is 2.96. The lowest BCUT2D eigenvalue weighted by molar-refractivity contribution is 0.414. The van der Waals surface area contributed by atoms with E-state index in [9.17, 15) is 0 Å². The number of ether oxygens (including phenoxy) is 1. The van der Waals surface area contributed by atoms with Gasteiger partial charge in [-0.05, 0) is 29.8 Å². The largest absolute Gasteiger partial charge is 0.497 e. The number of hydrogen-bond acceptors (Lipinski definition) is 3. The van der Waals surface area contributed by atoms with Gasteiger partial charge < -0.3 is 4.74 Å². The molecule has 100 valence electrons. The molecule has 0 fully saturated rings. The Hall–Kier alpha value is -2.62. The van der Waals surface area contributed by atoms with Gasteiger partial charge in [-0.25, -0.2) is 0 Å². The highest BCUT2D eigenvalue weighted by atomic mass is 16.5. The quantitative estimate of drug-likeness (QED) is 0.728. The summed E-state index contributed by atoms with van der Waals surface area (Å²) in [6, 6.07) is 18.1. The van der Waals surface area contributed by atoms with Gasteiger partial charge in [-0.3, -0.25) is 4.57 Å². The predicted octanol–water partition coefficient (Wildman–Crippen LogP) is 2.87. The summed E-state index contributed by atoms with van der Waals surface area (Å²) < 4.78 is 7.25. The smallest absolute Gasteiger partial charge is 0.141 e. The first-order chi connectivity index (χ1) is 9.86. The first-order valence-corrected chi connectivity index (χ1v) is 6.44. The van der Waals surface area contributed by atoms with Gasteiger partial charge in [-0.15, -0.1) is 10.2 Å². The van der Waals surface area contributed by atoms with E-state index in [1.54, 1.807) is 13.4 Å². The molecule has 0 radical (unpaired) electrons. The molecule has 0 aliphatic heterocycles. The number of benzene rings is 2. The molecular weight excluding hydrogens is 250 g/mol. The summed E-state index contributed by atoms with van der Waals surface area (Å²) >= 11 is 0. The molecule has 0 aliphatic carbocycles. The third-order valence-corrected chi connectivity index (χ3v) is 3.15. The Balaban J connectivity index is 1.90. The Bertz CT molecular complexity index is 692. The van der Waals surface area contributed by atoms with E-state index < -0.39 is 0 Å². The summed E-state index contributed by atoms with van der Waals surface area (Å²) in [5, 5.41) is 8.23. The Morgan fingerprint density at radius 3 is 2.70 bits per heavy atom. The average molecular weight is 265 g/mol. The van der Waals surface area contributed by atoms with Crippen LogP contribution in [0.1, 0.15) is 11.4 Å². The fraction of sp³-hybridized carbons (Fsp3) is 0.125. The molecule has 3 rings (SSSR count). The normalized spacial score (nSPS) is 10.4. The molecule has 0 spiro atoms. The third-order valence-electron chi connectivity index (χ3n) is 3.15. The molecule has 2 aromatic carbocycles. The summed E-state index contributed by atoms with van der Waals surface area (Å²) in [6.45, 7) is 0. The first kappa shape index (κ1) is 12.4. The lowest BCUT2D eigenvalue weighted by Gasteiger charge is -2.07. The Kier molecular flexibility index (Phi) is 3.46. The number of hydrogen-bond donors (Lipinski definition) is 0. The van der Waals surface area contributed by atoms with E-state index in [1.165, 1.54) is 0 Å². The Labute approximate surface area is 117 Å². The van der Waals surface area contributed by atoms with E-state index in [4.69, 9.17) is 4.74 Å². The number of aromatic nitrogens is 3. The van der Waals surface area contributed by atoms with E-state index in [1.807, 2.05) is 53.1 Å². The maximum atomic E-state index is 5.25. The molecule has 0 saturated carbocycles. The molecular formula is C16H15N3O. The van der Waals surface area contributed by atoms with Crippen molar-refractivity contribution in [3.8, 4) is 11.4 Å². The van der Waals surface area contributed by atoms with Crippen molar-refractivity contribution in [1.82, 2.24) is 14.8 Å². The van der Waals surface area contributed by atoms with Crippen molar-refractivity contribution in [2.45, 2.75) is 6.42 Å². The van der Waals surface area contributed by atoms with Crippen LogP contribution in [0.4, 0.5) is 0 Å². The van der Waals surface area contributed by atoms with Crippen LogP contribution >= 0.6 is 0 Å². The molecule has 20 heavy (non-hydrogen) atoms. The molecule has 1 heterocycles. The van der Waals surface area contributed by atoms with Crippen LogP contribution < -0.4 is 4.74 Å². The third kappa shape index (κ3) is 2.54. The van der Waals surface area contributed by atoms with Gasteiger partial charge in [0.05, 0.1) is 7.11 Å². The second-order valence-corrected chi connectivity index (χ2v) is 4.48. The highest BCUT2D eigenvalue weighted by molar-refractivity contribution is 5.34. The van der Waals surface area contributed by atoms with Crippen LogP contribution in [0.5, 0.6) is 5.75 Å². The fourth-order valence-corrected chi connectivity index (χ4v) is 2.15. The number of nitrogens with zero attached hydrogens (tertiary/aromatic N) is 3. The van der Waals surface area contributed by atoms with Crippen LogP contribution in [0.25, 0.3) is 5.69 Å². The van der Waals surface area contributed by atoms with Crippen LogP contribution in [0.15, 0.2) is 60.9 Å². The van der Waals surface area contributed by atoms with E-state index in [0.717, 1.165) is 22.8 Å². The molecule has 0 N–H and O–H groups in total. The molecule has 0 unspecified atom stereocenters. The molecule has 0 amide bonds. The fourth-order valence-electron chi connectivity index (χ4n) is 2.15. The highest BCUT2D eigenvalue weighted by Crippen LogP contribution is 2.17. The number of para-hydroxylation sites is 1. The Morgan fingerprint density at radius 1 is 1.05 bits per heavy atom. The van der Waals surface area contributed by atoms with E-state index in [-0.39, 0.29) is 0 Å². The van der Waals surface area contributed by atoms with Gasteiger partial charge >= 0.3 is 0 Å². The van der Waals surface area contributed by atoms with Gasteiger partial charge in [0.1, 0.15) is 17.9 Å². The zero-order valence-corrected chi connectivity index (χ0v) is 11.2. The maximum Gasteiger partial charge on any atom is 0.141 e. The topological polar surface area (TPSA) is 39.9 Å². The van der Waals surface area contributed by atoms with Gasteiger partial charge in [0.2, 0.25) is 0 Å². The molecule has 0 bridgehead atoms. The molecule has 0 saturated heterocycles. The van der Waals surface area contributed by atoms with Crippen LogP contribution in [0, 0.1) is 0 Å². The molecule has 0 aliphatic rings. The van der Waals surface area contributed by atoms with Crippen LogP contribution in [0.3, 0.4) is 0 Å². The summed E-state index contributed by atoms with van der Waals surface area (Å²) in [6.07, 6.45) is 2.46. The summed E-state index contributed by atoms with van der Waals surface area (Å²) in [4.78, 5) is 0. The second-order valence-electron chi connectivity index (χ2n) is 4.48. The lowest BCUT2D eigenvalue weighted by atomic mass is 10.1. The standard InChI is InChI=1S/C16H15N3O/c1-20-15-9-5-6-13(10-15)11-16-18-17-12-19(16)14-7-3-2-4-8-14/h2-10,12H,11H2,1H3. The van der Waals surface area contributed by atoms with Crippen molar-refractivity contribution in [3.63, 3.8) is 0 Å². The monoisotopic (exact) mass is 265 g/mol. The van der Waals surface area contributed by atoms with Gasteiger partial charge in [0.15, 0.2) is 0 Å². The lowest BCUT2D eigenvalue weighted by Crippen LogP contribution is -2.01. The molecule has 1 aromatic heterocycles. The minimum atomic E-state index is 0.714. The Morgan fingerprint density at radius 2 is 1.90 bits per heavy atom. The van der Waals surface area contributed by atoms with E-state index >= 15 is 0 Å². The van der Waals surface area contributed by atoms with Crippen molar-refractivity contribution in [2.75, 3.05) is 7.11 Å². The van der Waals surface area contributed by atoms with Crippen LogP contribution in [-0.2, 0) is 6.42 Å². The van der Waals surface area contributed by atoms with Crippen molar-refractivity contribution in [1.29, 1.82) is 0 Å². The van der Waals surface area contributed by atoms with Gasteiger partial charge in [0, 0.05) is 12.1 Å². The van der Waals surface area contributed by atoms with Gasteiger partial charge in [0.25, 0.3) is 0 Å². The van der Waals surface area contributed by atoms with Crippen LogP contribution in [-0.4, -0.2) is 21.9 Å². The molecule has 4 heteroatoms. The van der Waals surface area contributed by atoms with Crippen molar-refractivity contribution >= 4 is 0 Å². The minimum Gasteiger partial charge on any atom is -0.497 e. The number of methoxy groups -OCH3 is 1. The van der Waals surface area contributed by atoms with E-state index in [0.29, 0.717) is 6.42 Å². The SMILES string of the molecule is COc1cccc(Cc2nncn2-c2ccccc2)c1. The summed E-state index contributed by atoms with van der Waals surface area (Å²) in [5.74, 6) is 1.76. The maximum absolute atomic E-state index is 5.25. The number of rotatable bonds is 4. The zero-order chi connectivity index (χ0) is 13.8. The highest BCUT2D eigenvalue weighted by Gasteiger charge is 2.07. The second kappa shape index (κ2) is 5.57. The summed E-state index contributed by atoms with van der Waals surface area (Å²) in [7, 11) is 1.67. The van der Waals surface area contributed by atoms with Gasteiger partial charge in [-0.2, -0.15) is 0 Å². The minimum absolute atomic E-state index is 0.714. The van der Waals surface area contributed by atoms with Gasteiger partial charge in [-0.1, -0.05) is 30.3 Å².